The van der Waals surface area contributed by atoms with Crippen LogP contribution < -0.4 is 5.32 Å². The Hall–Kier alpha value is -3.38. The maximum Gasteiger partial charge on any atom is 0.277 e. The maximum absolute atomic E-state index is 12.9. The Balaban J connectivity index is 1.92. The van der Waals surface area contributed by atoms with Gasteiger partial charge in [0.05, 0.1) is 26.4 Å². The monoisotopic (exact) mass is 448 g/mol. The van der Waals surface area contributed by atoms with Crippen molar-refractivity contribution < 1.29 is 23.1 Å². The number of amides is 1. The molecule has 0 bridgehead atoms. The number of sulfonamides is 1. The van der Waals surface area contributed by atoms with E-state index in [0.717, 1.165) is 37.5 Å². The number of benzene rings is 2. The highest BCUT2D eigenvalue weighted by Crippen LogP contribution is 2.27. The molecule has 1 heterocycles. The number of nitrogens with zero attached hydrogens (tertiary/aromatic N) is 3. The van der Waals surface area contributed by atoms with E-state index in [9.17, 15) is 33.4 Å². The molecule has 1 saturated heterocycles. The van der Waals surface area contributed by atoms with E-state index in [1.165, 1.54) is 16.4 Å². The minimum atomic E-state index is -3.73. The number of aryl methyl sites for hydroxylation is 1. The Morgan fingerprint density at radius 2 is 1.55 bits per heavy atom. The van der Waals surface area contributed by atoms with Gasteiger partial charge in [0.15, 0.2) is 0 Å². The summed E-state index contributed by atoms with van der Waals surface area (Å²) in [7, 11) is -3.73. The molecule has 12 heteroatoms. The molecule has 2 aromatic carbocycles. The smallest absolute Gasteiger partial charge is 0.277 e. The first-order valence-corrected chi connectivity index (χ1v) is 10.9. The molecule has 2 aromatic rings. The SMILES string of the molecule is Cc1ccc(S(=O)(=O)N2CCCCC2)cc1NC(=O)c1cc([N+](=O)[O-])cc([N+](=O)[O-])c1. The van der Waals surface area contributed by atoms with Crippen molar-refractivity contribution in [2.24, 2.45) is 0 Å². The molecule has 11 nitrogen and oxygen atoms in total. The molecule has 1 aliphatic heterocycles. The molecule has 1 fully saturated rings. The Morgan fingerprint density at radius 1 is 0.968 bits per heavy atom. The summed E-state index contributed by atoms with van der Waals surface area (Å²) in [5.74, 6) is -0.831. The van der Waals surface area contributed by atoms with Crippen LogP contribution in [0.3, 0.4) is 0 Å². The average Bonchev–Trinajstić information content (AvgIpc) is 2.75. The van der Waals surface area contributed by atoms with Crippen molar-refractivity contribution in [3.8, 4) is 0 Å². The minimum absolute atomic E-state index is 0.0142. The van der Waals surface area contributed by atoms with Crippen LogP contribution in [0.5, 0.6) is 0 Å². The lowest BCUT2D eigenvalue weighted by molar-refractivity contribution is -0.394. The predicted octanol–water partition coefficient (Wildman–Crippen LogP) is 3.24. The van der Waals surface area contributed by atoms with E-state index in [0.29, 0.717) is 18.7 Å². The zero-order valence-corrected chi connectivity index (χ0v) is 17.4. The molecule has 0 aliphatic carbocycles. The van der Waals surface area contributed by atoms with Gasteiger partial charge in [0.2, 0.25) is 10.0 Å². The van der Waals surface area contributed by atoms with Crippen LogP contribution in [0.1, 0.15) is 35.2 Å². The number of piperidine rings is 1. The Bertz CT molecular complexity index is 1130. The summed E-state index contributed by atoms with van der Waals surface area (Å²) in [6.45, 7) is 2.51. The van der Waals surface area contributed by atoms with Gasteiger partial charge in [0.1, 0.15) is 0 Å². The highest BCUT2D eigenvalue weighted by molar-refractivity contribution is 7.89. The second kappa shape index (κ2) is 8.78. The lowest BCUT2D eigenvalue weighted by Crippen LogP contribution is -2.35. The summed E-state index contributed by atoms with van der Waals surface area (Å²) < 4.78 is 27.2. The Kier molecular flexibility index (Phi) is 6.32. The number of nitro benzene ring substituents is 2. The predicted molar refractivity (Wildman–Crippen MR) is 111 cm³/mol. The molecule has 0 spiro atoms. The summed E-state index contributed by atoms with van der Waals surface area (Å²) in [5, 5.41) is 24.6. The number of nitro groups is 2. The minimum Gasteiger partial charge on any atom is -0.322 e. The molecular weight excluding hydrogens is 428 g/mol. The first kappa shape index (κ1) is 22.3. The third-order valence-electron chi connectivity index (χ3n) is 5.00. The van der Waals surface area contributed by atoms with Crippen molar-refractivity contribution in [3.63, 3.8) is 0 Å². The van der Waals surface area contributed by atoms with Crippen LogP contribution in [0, 0.1) is 27.2 Å². The number of nitrogens with one attached hydrogen (secondary N) is 1. The van der Waals surface area contributed by atoms with Crippen LogP contribution in [-0.4, -0.2) is 41.6 Å². The third kappa shape index (κ3) is 4.86. The van der Waals surface area contributed by atoms with Crippen LogP contribution in [-0.2, 0) is 10.0 Å². The van der Waals surface area contributed by atoms with E-state index >= 15 is 0 Å². The summed E-state index contributed by atoms with van der Waals surface area (Å²) >= 11 is 0. The molecule has 0 radical (unpaired) electrons. The molecule has 164 valence electrons. The number of hydrogen-bond donors (Lipinski definition) is 1. The molecule has 0 unspecified atom stereocenters. The van der Waals surface area contributed by atoms with Crippen LogP contribution in [0.4, 0.5) is 17.1 Å². The van der Waals surface area contributed by atoms with Gasteiger partial charge in [0.25, 0.3) is 17.3 Å². The normalized spacial score (nSPS) is 14.7. The largest absolute Gasteiger partial charge is 0.322 e. The fourth-order valence-corrected chi connectivity index (χ4v) is 4.83. The molecule has 0 aromatic heterocycles. The highest BCUT2D eigenvalue weighted by Gasteiger charge is 2.27. The van der Waals surface area contributed by atoms with Gasteiger partial charge in [-0.15, -0.1) is 0 Å². The summed E-state index contributed by atoms with van der Waals surface area (Å²) in [5.41, 5.74) is -0.734. The second-order valence-corrected chi connectivity index (χ2v) is 9.09. The standard InChI is InChI=1S/C19H20N4O7S/c1-13-5-6-17(31(29,30)21-7-3-2-4-8-21)12-18(13)20-19(24)14-9-15(22(25)26)11-16(10-14)23(27)28/h5-6,9-12H,2-4,7-8H2,1H3,(H,20,24). The van der Waals surface area contributed by atoms with Gasteiger partial charge in [-0.1, -0.05) is 12.5 Å². The first-order valence-electron chi connectivity index (χ1n) is 9.45. The highest BCUT2D eigenvalue weighted by atomic mass is 32.2. The number of hydrogen-bond acceptors (Lipinski definition) is 7. The van der Waals surface area contributed by atoms with Gasteiger partial charge in [-0.2, -0.15) is 4.31 Å². The Labute approximate surface area is 178 Å². The molecule has 3 rings (SSSR count). The number of anilines is 1. The van der Waals surface area contributed by atoms with Gasteiger partial charge in [-0.05, 0) is 37.5 Å². The Morgan fingerprint density at radius 3 is 2.10 bits per heavy atom. The van der Waals surface area contributed by atoms with Crippen LogP contribution in [0.2, 0.25) is 0 Å². The van der Waals surface area contributed by atoms with Crippen LogP contribution in [0.25, 0.3) is 0 Å². The number of rotatable bonds is 6. The van der Waals surface area contributed by atoms with Crippen molar-refractivity contribution in [1.29, 1.82) is 0 Å². The van der Waals surface area contributed by atoms with Gasteiger partial charge in [-0.25, -0.2) is 8.42 Å². The van der Waals surface area contributed by atoms with Crippen LogP contribution >= 0.6 is 0 Å². The van der Waals surface area contributed by atoms with E-state index in [-0.39, 0.29) is 16.1 Å². The molecule has 1 amide bonds. The van der Waals surface area contributed by atoms with Gasteiger partial charge < -0.3 is 5.32 Å². The lowest BCUT2D eigenvalue weighted by Gasteiger charge is -2.26. The fourth-order valence-electron chi connectivity index (χ4n) is 3.28. The van der Waals surface area contributed by atoms with E-state index in [2.05, 4.69) is 5.32 Å². The summed E-state index contributed by atoms with van der Waals surface area (Å²) in [6, 6.07) is 6.92. The summed E-state index contributed by atoms with van der Waals surface area (Å²) in [4.78, 5) is 33.1. The van der Waals surface area contributed by atoms with Gasteiger partial charge >= 0.3 is 0 Å². The zero-order valence-electron chi connectivity index (χ0n) is 16.6. The molecule has 31 heavy (non-hydrogen) atoms. The van der Waals surface area contributed by atoms with E-state index in [4.69, 9.17) is 0 Å². The van der Waals surface area contributed by atoms with E-state index < -0.39 is 37.2 Å². The van der Waals surface area contributed by atoms with Crippen molar-refractivity contribution >= 4 is 33.0 Å². The number of carbonyl (C=O) groups is 1. The first-order chi connectivity index (χ1) is 14.6. The molecule has 1 N–H and O–H groups in total. The van der Waals surface area contributed by atoms with Crippen molar-refractivity contribution in [3.05, 3.63) is 67.8 Å². The van der Waals surface area contributed by atoms with Crippen molar-refractivity contribution in [2.75, 3.05) is 18.4 Å². The van der Waals surface area contributed by atoms with Crippen molar-refractivity contribution in [1.82, 2.24) is 4.31 Å². The second-order valence-electron chi connectivity index (χ2n) is 7.15. The van der Waals surface area contributed by atoms with Gasteiger partial charge in [0, 0.05) is 30.9 Å². The topological polar surface area (TPSA) is 153 Å². The molecule has 0 atom stereocenters. The average molecular weight is 448 g/mol. The van der Waals surface area contributed by atoms with Crippen LogP contribution in [0.15, 0.2) is 41.3 Å². The molecular formula is C19H20N4O7S. The zero-order chi connectivity index (χ0) is 22.8. The van der Waals surface area contributed by atoms with E-state index in [1.807, 2.05) is 0 Å². The fraction of sp³-hybridized carbons (Fsp3) is 0.316. The summed E-state index contributed by atoms with van der Waals surface area (Å²) in [6.07, 6.45) is 2.52. The lowest BCUT2D eigenvalue weighted by atomic mass is 10.1. The van der Waals surface area contributed by atoms with Gasteiger partial charge in [-0.3, -0.25) is 25.0 Å². The number of carbonyl (C=O) groups excluding carboxylic acids is 1. The van der Waals surface area contributed by atoms with Crippen molar-refractivity contribution in [2.45, 2.75) is 31.1 Å². The number of non-ortho nitro benzene ring substituents is 2. The third-order valence-corrected chi connectivity index (χ3v) is 6.89. The quantitative estimate of drug-likeness (QED) is 0.526. The van der Waals surface area contributed by atoms with E-state index in [1.54, 1.807) is 13.0 Å². The maximum atomic E-state index is 12.9. The molecule has 0 saturated carbocycles. The molecule has 1 aliphatic rings.